The molecule has 0 atom stereocenters. The second-order valence-corrected chi connectivity index (χ2v) is 4.52. The first-order valence-corrected chi connectivity index (χ1v) is 6.09. The summed E-state index contributed by atoms with van der Waals surface area (Å²) in [6, 6.07) is 8.63. The van der Waals surface area contributed by atoms with E-state index in [2.05, 4.69) is 29.2 Å². The minimum atomic E-state index is 0.307. The molecule has 0 saturated heterocycles. The van der Waals surface area contributed by atoms with Gasteiger partial charge >= 0.3 is 0 Å². The van der Waals surface area contributed by atoms with Crippen molar-refractivity contribution in [3.05, 3.63) is 29.8 Å². The highest BCUT2D eigenvalue weighted by atomic mass is 16.1. The average Bonchev–Trinajstić information content (AvgIpc) is 2.68. The summed E-state index contributed by atoms with van der Waals surface area (Å²) in [5.41, 5.74) is 2.86. The number of nitrogens with zero attached hydrogens (tertiary/aromatic N) is 1. The van der Waals surface area contributed by atoms with Crippen LogP contribution in [0.15, 0.2) is 24.3 Å². The Bertz CT molecular complexity index is 373. The summed E-state index contributed by atoms with van der Waals surface area (Å²) >= 11 is 0. The smallest absolute Gasteiger partial charge is 0.129 e. The Hall–Kier alpha value is -1.31. The summed E-state index contributed by atoms with van der Waals surface area (Å²) in [6.45, 7) is 3.90. The number of hydrogen-bond donors (Lipinski definition) is 0. The number of Topliss-reactive ketones (excluding diaryl/α,β-unsaturated/α-hetero) is 1. The Balaban J connectivity index is 1.82. The summed E-state index contributed by atoms with van der Waals surface area (Å²) in [4.78, 5) is 13.3. The average molecular weight is 217 g/mol. The number of benzene rings is 1. The zero-order chi connectivity index (χ0) is 11.4. The van der Waals surface area contributed by atoms with Gasteiger partial charge in [-0.15, -0.1) is 0 Å². The third kappa shape index (κ3) is 2.63. The summed E-state index contributed by atoms with van der Waals surface area (Å²) < 4.78 is 0. The van der Waals surface area contributed by atoms with E-state index in [1.165, 1.54) is 17.7 Å². The van der Waals surface area contributed by atoms with Crippen molar-refractivity contribution in [2.45, 2.75) is 32.6 Å². The first kappa shape index (κ1) is 11.2. The summed E-state index contributed by atoms with van der Waals surface area (Å²) in [6.07, 6.45) is 4.04. The quantitative estimate of drug-likeness (QED) is 0.707. The number of rotatable bonds is 5. The predicted octanol–water partition coefficient (Wildman–Crippen LogP) is 2.81. The van der Waals surface area contributed by atoms with Gasteiger partial charge in [-0.1, -0.05) is 18.2 Å². The monoisotopic (exact) mass is 217 g/mol. The van der Waals surface area contributed by atoms with Crippen LogP contribution in [-0.4, -0.2) is 18.9 Å². The van der Waals surface area contributed by atoms with Crippen molar-refractivity contribution in [1.29, 1.82) is 0 Å². The molecule has 2 nitrogen and oxygen atoms in total. The maximum Gasteiger partial charge on any atom is 0.129 e. The van der Waals surface area contributed by atoms with Crippen molar-refractivity contribution < 1.29 is 4.79 Å². The van der Waals surface area contributed by atoms with E-state index in [0.717, 1.165) is 32.4 Å². The highest BCUT2D eigenvalue weighted by Crippen LogP contribution is 2.27. The molecule has 0 fully saturated rings. The van der Waals surface area contributed by atoms with Gasteiger partial charge in [0, 0.05) is 25.2 Å². The number of para-hydroxylation sites is 1. The minimum absolute atomic E-state index is 0.307. The van der Waals surface area contributed by atoms with E-state index >= 15 is 0 Å². The molecule has 0 aromatic heterocycles. The molecule has 0 aliphatic carbocycles. The third-order valence-corrected chi connectivity index (χ3v) is 3.19. The lowest BCUT2D eigenvalue weighted by Crippen LogP contribution is -2.21. The molecule has 0 bridgehead atoms. The van der Waals surface area contributed by atoms with Crippen LogP contribution in [0.1, 0.15) is 31.7 Å². The zero-order valence-electron chi connectivity index (χ0n) is 9.91. The van der Waals surface area contributed by atoms with E-state index in [4.69, 9.17) is 0 Å². The molecule has 0 saturated carbocycles. The van der Waals surface area contributed by atoms with Crippen molar-refractivity contribution in [3.8, 4) is 0 Å². The number of unbranched alkanes of at least 4 members (excludes halogenated alkanes) is 1. The van der Waals surface area contributed by atoms with Crippen molar-refractivity contribution in [2.75, 3.05) is 18.0 Å². The summed E-state index contributed by atoms with van der Waals surface area (Å²) in [5, 5.41) is 0. The fourth-order valence-electron chi connectivity index (χ4n) is 2.32. The van der Waals surface area contributed by atoms with E-state index in [9.17, 15) is 4.79 Å². The van der Waals surface area contributed by atoms with Crippen molar-refractivity contribution >= 4 is 11.5 Å². The maximum atomic E-state index is 10.8. The lowest BCUT2D eigenvalue weighted by Gasteiger charge is -2.18. The van der Waals surface area contributed by atoms with Crippen LogP contribution in [0.2, 0.25) is 0 Å². The van der Waals surface area contributed by atoms with Gasteiger partial charge in [-0.05, 0) is 37.8 Å². The molecule has 2 heteroatoms. The Morgan fingerprint density at radius 1 is 1.31 bits per heavy atom. The number of hydrogen-bond acceptors (Lipinski definition) is 2. The Labute approximate surface area is 97.3 Å². The number of anilines is 1. The lowest BCUT2D eigenvalue weighted by atomic mass is 10.1. The standard InChI is InChI=1S/C14H19NO/c1-12(16)6-4-5-10-15-11-9-13-7-2-3-8-14(13)15/h2-3,7-8H,4-6,9-11H2,1H3. The van der Waals surface area contributed by atoms with E-state index in [0.29, 0.717) is 5.78 Å². The second-order valence-electron chi connectivity index (χ2n) is 4.52. The molecule has 0 unspecified atom stereocenters. The van der Waals surface area contributed by atoms with E-state index < -0.39 is 0 Å². The first-order chi connectivity index (χ1) is 7.77. The molecule has 0 N–H and O–H groups in total. The van der Waals surface area contributed by atoms with E-state index in [-0.39, 0.29) is 0 Å². The number of ketones is 1. The Kier molecular flexibility index (Phi) is 3.60. The van der Waals surface area contributed by atoms with Crippen LogP contribution in [0.25, 0.3) is 0 Å². The van der Waals surface area contributed by atoms with Crippen LogP contribution in [0, 0.1) is 0 Å². The van der Waals surface area contributed by atoms with Crippen molar-refractivity contribution in [3.63, 3.8) is 0 Å². The molecular weight excluding hydrogens is 198 g/mol. The van der Waals surface area contributed by atoms with Gasteiger partial charge in [0.15, 0.2) is 0 Å². The van der Waals surface area contributed by atoms with Crippen LogP contribution >= 0.6 is 0 Å². The molecular formula is C14H19NO. The number of fused-ring (bicyclic) bond motifs is 1. The van der Waals surface area contributed by atoms with E-state index in [1.807, 2.05) is 0 Å². The van der Waals surface area contributed by atoms with Gasteiger partial charge in [0.1, 0.15) is 5.78 Å². The molecule has 0 spiro atoms. The van der Waals surface area contributed by atoms with Crippen LogP contribution in [0.3, 0.4) is 0 Å². The van der Waals surface area contributed by atoms with Crippen molar-refractivity contribution in [1.82, 2.24) is 0 Å². The van der Waals surface area contributed by atoms with E-state index in [1.54, 1.807) is 6.92 Å². The van der Waals surface area contributed by atoms with Gasteiger partial charge in [0.2, 0.25) is 0 Å². The topological polar surface area (TPSA) is 20.3 Å². The third-order valence-electron chi connectivity index (χ3n) is 3.19. The Morgan fingerprint density at radius 3 is 2.94 bits per heavy atom. The molecule has 86 valence electrons. The number of carbonyl (C=O) groups is 1. The highest BCUT2D eigenvalue weighted by molar-refractivity contribution is 5.75. The zero-order valence-corrected chi connectivity index (χ0v) is 9.91. The van der Waals surface area contributed by atoms with Crippen molar-refractivity contribution in [2.24, 2.45) is 0 Å². The highest BCUT2D eigenvalue weighted by Gasteiger charge is 2.17. The van der Waals surface area contributed by atoms with Crippen LogP contribution in [0.4, 0.5) is 5.69 Å². The van der Waals surface area contributed by atoms with Gasteiger partial charge in [0.05, 0.1) is 0 Å². The molecule has 2 rings (SSSR count). The normalized spacial score (nSPS) is 13.9. The Morgan fingerprint density at radius 2 is 2.12 bits per heavy atom. The van der Waals surface area contributed by atoms with Gasteiger partial charge < -0.3 is 9.69 Å². The predicted molar refractivity (Wildman–Crippen MR) is 66.9 cm³/mol. The van der Waals surface area contributed by atoms with Crippen LogP contribution < -0.4 is 4.90 Å². The fourth-order valence-corrected chi connectivity index (χ4v) is 2.32. The molecule has 16 heavy (non-hydrogen) atoms. The molecule has 1 aliphatic rings. The molecule has 0 amide bonds. The SMILES string of the molecule is CC(=O)CCCCN1CCc2ccccc21. The summed E-state index contributed by atoms with van der Waals surface area (Å²) in [5.74, 6) is 0.307. The van der Waals surface area contributed by atoms with Gasteiger partial charge in [-0.2, -0.15) is 0 Å². The second kappa shape index (κ2) is 5.15. The van der Waals surface area contributed by atoms with Gasteiger partial charge in [-0.25, -0.2) is 0 Å². The molecule has 0 radical (unpaired) electrons. The number of carbonyl (C=O) groups excluding carboxylic acids is 1. The molecule has 1 aromatic carbocycles. The lowest BCUT2D eigenvalue weighted by molar-refractivity contribution is -0.117. The minimum Gasteiger partial charge on any atom is -0.371 e. The molecule has 1 aromatic rings. The maximum absolute atomic E-state index is 10.8. The van der Waals surface area contributed by atoms with Gasteiger partial charge in [-0.3, -0.25) is 0 Å². The fraction of sp³-hybridized carbons (Fsp3) is 0.500. The molecule has 1 aliphatic heterocycles. The van der Waals surface area contributed by atoms with Crippen LogP contribution in [0.5, 0.6) is 0 Å². The van der Waals surface area contributed by atoms with Crippen LogP contribution in [-0.2, 0) is 11.2 Å². The molecule has 1 heterocycles. The first-order valence-electron chi connectivity index (χ1n) is 6.09. The largest absolute Gasteiger partial charge is 0.371 e. The summed E-state index contributed by atoms with van der Waals surface area (Å²) in [7, 11) is 0. The van der Waals surface area contributed by atoms with Gasteiger partial charge in [0.25, 0.3) is 0 Å².